The first-order chi connectivity index (χ1) is 8.54. The summed E-state index contributed by atoms with van der Waals surface area (Å²) in [7, 11) is 1.85. The first-order valence-corrected chi connectivity index (χ1v) is 6.61. The molecule has 0 saturated heterocycles. The van der Waals surface area contributed by atoms with Gasteiger partial charge in [-0.3, -0.25) is 4.79 Å². The number of carbonyl (C=O) groups is 1. The summed E-state index contributed by atoms with van der Waals surface area (Å²) >= 11 is 0. The van der Waals surface area contributed by atoms with Crippen LogP contribution in [0.3, 0.4) is 0 Å². The lowest BCUT2D eigenvalue weighted by atomic mass is 9.70. The van der Waals surface area contributed by atoms with Crippen LogP contribution in [0.4, 0.5) is 5.69 Å². The molecule has 1 aromatic rings. The van der Waals surface area contributed by atoms with E-state index in [1.165, 1.54) is 19.3 Å². The van der Waals surface area contributed by atoms with Gasteiger partial charge in [-0.25, -0.2) is 0 Å². The Morgan fingerprint density at radius 3 is 2.67 bits per heavy atom. The van der Waals surface area contributed by atoms with Crippen LogP contribution in [0.1, 0.15) is 42.1 Å². The van der Waals surface area contributed by atoms with Gasteiger partial charge in [-0.2, -0.15) is 0 Å². The number of carbonyl (C=O) groups excluding carboxylic acids is 1. The summed E-state index contributed by atoms with van der Waals surface area (Å²) in [6.07, 6.45) is 3.73. The van der Waals surface area contributed by atoms with Crippen LogP contribution in [-0.2, 0) is 0 Å². The van der Waals surface area contributed by atoms with Gasteiger partial charge in [0.2, 0.25) is 0 Å². The summed E-state index contributed by atoms with van der Waals surface area (Å²) in [5, 5.41) is 6.14. The maximum absolute atomic E-state index is 12.2. The van der Waals surface area contributed by atoms with Crippen molar-refractivity contribution in [1.82, 2.24) is 5.32 Å². The number of rotatable bonds is 4. The van der Waals surface area contributed by atoms with Crippen LogP contribution in [0.25, 0.3) is 0 Å². The molecule has 1 aliphatic rings. The SMILES string of the molecule is CNc1cc(C)ccc1C(=O)NCC1(C)CCC1. The third-order valence-electron chi connectivity index (χ3n) is 3.93. The number of hydrogen-bond acceptors (Lipinski definition) is 2. The molecular formula is C15H22N2O. The van der Waals surface area contributed by atoms with E-state index in [1.54, 1.807) is 0 Å². The molecule has 1 aliphatic carbocycles. The summed E-state index contributed by atoms with van der Waals surface area (Å²) in [4.78, 5) is 12.2. The van der Waals surface area contributed by atoms with Gasteiger partial charge in [0.15, 0.2) is 0 Å². The van der Waals surface area contributed by atoms with E-state index in [-0.39, 0.29) is 5.91 Å². The van der Waals surface area contributed by atoms with Gasteiger partial charge in [0, 0.05) is 19.3 Å². The number of nitrogens with one attached hydrogen (secondary N) is 2. The third-order valence-corrected chi connectivity index (χ3v) is 3.93. The quantitative estimate of drug-likeness (QED) is 0.857. The van der Waals surface area contributed by atoms with Crippen LogP contribution in [0.5, 0.6) is 0 Å². The van der Waals surface area contributed by atoms with Gasteiger partial charge in [0.05, 0.1) is 5.56 Å². The van der Waals surface area contributed by atoms with Crippen LogP contribution in [0.15, 0.2) is 18.2 Å². The number of anilines is 1. The first-order valence-electron chi connectivity index (χ1n) is 6.61. The molecule has 0 unspecified atom stereocenters. The number of hydrogen-bond donors (Lipinski definition) is 2. The Morgan fingerprint density at radius 2 is 2.11 bits per heavy atom. The van der Waals surface area contributed by atoms with Crippen molar-refractivity contribution in [2.24, 2.45) is 5.41 Å². The minimum atomic E-state index is 0.0208. The first kappa shape index (κ1) is 12.9. The largest absolute Gasteiger partial charge is 0.387 e. The Kier molecular flexibility index (Phi) is 3.60. The zero-order valence-corrected chi connectivity index (χ0v) is 11.5. The van der Waals surface area contributed by atoms with Crippen LogP contribution in [0, 0.1) is 12.3 Å². The van der Waals surface area contributed by atoms with Gasteiger partial charge in [-0.15, -0.1) is 0 Å². The molecule has 2 N–H and O–H groups in total. The summed E-state index contributed by atoms with van der Waals surface area (Å²) in [6, 6.07) is 5.86. The Bertz CT molecular complexity index is 450. The molecule has 0 atom stereocenters. The second kappa shape index (κ2) is 5.01. The molecule has 0 aliphatic heterocycles. The van der Waals surface area contributed by atoms with Gasteiger partial charge in [-0.05, 0) is 42.9 Å². The van der Waals surface area contributed by atoms with Gasteiger partial charge >= 0.3 is 0 Å². The predicted molar refractivity (Wildman–Crippen MR) is 75.0 cm³/mol. The van der Waals surface area contributed by atoms with Crippen LogP contribution >= 0.6 is 0 Å². The van der Waals surface area contributed by atoms with Crippen molar-refractivity contribution in [3.63, 3.8) is 0 Å². The maximum Gasteiger partial charge on any atom is 0.253 e. The average Bonchev–Trinajstić information content (AvgIpc) is 2.33. The fourth-order valence-electron chi connectivity index (χ4n) is 2.41. The highest BCUT2D eigenvalue weighted by Gasteiger charge is 2.32. The summed E-state index contributed by atoms with van der Waals surface area (Å²) in [5.41, 5.74) is 3.10. The van der Waals surface area contributed by atoms with E-state index < -0.39 is 0 Å². The highest BCUT2D eigenvalue weighted by molar-refractivity contribution is 5.99. The van der Waals surface area contributed by atoms with E-state index in [0.717, 1.165) is 23.4 Å². The molecule has 3 heteroatoms. The van der Waals surface area contributed by atoms with Crippen molar-refractivity contribution < 1.29 is 4.79 Å². The second-order valence-corrected chi connectivity index (χ2v) is 5.65. The molecule has 1 saturated carbocycles. The Labute approximate surface area is 109 Å². The molecule has 0 radical (unpaired) electrons. The van der Waals surface area contributed by atoms with Gasteiger partial charge in [-0.1, -0.05) is 19.4 Å². The maximum atomic E-state index is 12.2. The van der Waals surface area contributed by atoms with Gasteiger partial charge in [0.1, 0.15) is 0 Å². The van der Waals surface area contributed by atoms with Crippen molar-refractivity contribution >= 4 is 11.6 Å². The fourth-order valence-corrected chi connectivity index (χ4v) is 2.41. The fraction of sp³-hybridized carbons (Fsp3) is 0.533. The van der Waals surface area contributed by atoms with Gasteiger partial charge < -0.3 is 10.6 Å². The second-order valence-electron chi connectivity index (χ2n) is 5.65. The molecule has 1 fully saturated rings. The molecule has 0 heterocycles. The van der Waals surface area contributed by atoms with E-state index >= 15 is 0 Å². The Morgan fingerprint density at radius 1 is 1.39 bits per heavy atom. The lowest BCUT2D eigenvalue weighted by Gasteiger charge is -2.38. The zero-order chi connectivity index (χ0) is 13.2. The summed E-state index contributed by atoms with van der Waals surface area (Å²) in [5.74, 6) is 0.0208. The number of aryl methyl sites for hydroxylation is 1. The highest BCUT2D eigenvalue weighted by Crippen LogP contribution is 2.39. The van der Waals surface area contributed by atoms with Gasteiger partial charge in [0.25, 0.3) is 5.91 Å². The average molecular weight is 246 g/mol. The Balaban J connectivity index is 2.04. The lowest BCUT2D eigenvalue weighted by Crippen LogP contribution is -2.40. The van der Waals surface area contributed by atoms with Crippen LogP contribution in [0.2, 0.25) is 0 Å². The van der Waals surface area contributed by atoms with E-state index in [2.05, 4.69) is 17.6 Å². The van der Waals surface area contributed by atoms with Crippen LogP contribution in [-0.4, -0.2) is 19.5 Å². The molecule has 98 valence electrons. The van der Waals surface area contributed by atoms with Crippen molar-refractivity contribution in [3.8, 4) is 0 Å². The molecule has 0 bridgehead atoms. The third kappa shape index (κ3) is 2.66. The molecule has 0 spiro atoms. The summed E-state index contributed by atoms with van der Waals surface area (Å²) in [6.45, 7) is 5.05. The van der Waals surface area contributed by atoms with Crippen molar-refractivity contribution in [3.05, 3.63) is 29.3 Å². The molecule has 3 nitrogen and oxygen atoms in total. The minimum Gasteiger partial charge on any atom is -0.387 e. The normalized spacial score (nSPS) is 16.8. The van der Waals surface area contributed by atoms with Crippen LogP contribution < -0.4 is 10.6 Å². The van der Waals surface area contributed by atoms with E-state index in [9.17, 15) is 4.79 Å². The van der Waals surface area contributed by atoms with E-state index in [0.29, 0.717) is 5.41 Å². The topological polar surface area (TPSA) is 41.1 Å². The molecule has 1 amide bonds. The molecule has 2 rings (SSSR count). The standard InChI is InChI=1S/C15H22N2O/c1-11-5-6-12(13(9-11)16-3)14(18)17-10-15(2)7-4-8-15/h5-6,9,16H,4,7-8,10H2,1-3H3,(H,17,18). The van der Waals surface area contributed by atoms with E-state index in [1.807, 2.05) is 32.2 Å². The monoisotopic (exact) mass is 246 g/mol. The molecule has 18 heavy (non-hydrogen) atoms. The lowest BCUT2D eigenvalue weighted by molar-refractivity contribution is 0.0891. The van der Waals surface area contributed by atoms with E-state index in [4.69, 9.17) is 0 Å². The number of amides is 1. The number of benzene rings is 1. The highest BCUT2D eigenvalue weighted by atomic mass is 16.1. The van der Waals surface area contributed by atoms with Crippen molar-refractivity contribution in [2.45, 2.75) is 33.1 Å². The molecule has 1 aromatic carbocycles. The predicted octanol–water partition coefficient (Wildman–Crippen LogP) is 2.96. The van der Waals surface area contributed by atoms with Crippen molar-refractivity contribution in [2.75, 3.05) is 18.9 Å². The molecule has 0 aromatic heterocycles. The smallest absolute Gasteiger partial charge is 0.253 e. The Hall–Kier alpha value is -1.51. The van der Waals surface area contributed by atoms with Crippen molar-refractivity contribution in [1.29, 1.82) is 0 Å². The zero-order valence-electron chi connectivity index (χ0n) is 11.5. The minimum absolute atomic E-state index is 0.0208. The summed E-state index contributed by atoms with van der Waals surface area (Å²) < 4.78 is 0. The molecular weight excluding hydrogens is 224 g/mol.